The van der Waals surface area contributed by atoms with E-state index in [0.717, 1.165) is 11.1 Å². The number of nitrogen functional groups attached to an aromatic ring is 1. The summed E-state index contributed by atoms with van der Waals surface area (Å²) in [7, 11) is 1.38. The summed E-state index contributed by atoms with van der Waals surface area (Å²) in [5.74, 6) is 0.444. The standard InChI is InChI=1S/C16H17NO3/c1-19-16(18)9-12-5-2-3-6-13(12)11-20-15-8-4-7-14(17)10-15/h2-8,10H,9,11,17H2,1H3. The van der Waals surface area contributed by atoms with Crippen molar-refractivity contribution < 1.29 is 14.3 Å². The van der Waals surface area contributed by atoms with E-state index in [1.54, 1.807) is 12.1 Å². The normalized spacial score (nSPS) is 10.1. The molecule has 2 aromatic rings. The molecule has 0 saturated heterocycles. The lowest BCUT2D eigenvalue weighted by Crippen LogP contribution is -2.08. The van der Waals surface area contributed by atoms with E-state index >= 15 is 0 Å². The number of methoxy groups -OCH3 is 1. The van der Waals surface area contributed by atoms with Gasteiger partial charge in [0.15, 0.2) is 0 Å². The van der Waals surface area contributed by atoms with E-state index in [-0.39, 0.29) is 12.4 Å². The Kier molecular flexibility index (Phi) is 4.60. The topological polar surface area (TPSA) is 61.5 Å². The maximum atomic E-state index is 11.4. The Bertz CT molecular complexity index is 596. The van der Waals surface area contributed by atoms with Crippen LogP contribution in [0.5, 0.6) is 5.75 Å². The van der Waals surface area contributed by atoms with Gasteiger partial charge in [-0.25, -0.2) is 0 Å². The van der Waals surface area contributed by atoms with E-state index in [1.165, 1.54) is 7.11 Å². The van der Waals surface area contributed by atoms with Crippen LogP contribution in [0.25, 0.3) is 0 Å². The molecule has 20 heavy (non-hydrogen) atoms. The van der Waals surface area contributed by atoms with Crippen LogP contribution in [0.2, 0.25) is 0 Å². The quantitative estimate of drug-likeness (QED) is 0.670. The molecule has 0 amide bonds. The van der Waals surface area contributed by atoms with Gasteiger partial charge in [0, 0.05) is 11.8 Å². The zero-order valence-corrected chi connectivity index (χ0v) is 11.3. The van der Waals surface area contributed by atoms with Crippen LogP contribution in [0, 0.1) is 0 Å². The second kappa shape index (κ2) is 6.61. The van der Waals surface area contributed by atoms with Gasteiger partial charge in [0.1, 0.15) is 12.4 Å². The number of nitrogens with two attached hydrogens (primary N) is 1. The van der Waals surface area contributed by atoms with Gasteiger partial charge >= 0.3 is 5.97 Å². The molecule has 0 atom stereocenters. The van der Waals surface area contributed by atoms with Crippen molar-refractivity contribution in [3.63, 3.8) is 0 Å². The molecule has 104 valence electrons. The Labute approximate surface area is 118 Å². The zero-order valence-electron chi connectivity index (χ0n) is 11.3. The zero-order chi connectivity index (χ0) is 14.4. The highest BCUT2D eigenvalue weighted by atomic mass is 16.5. The van der Waals surface area contributed by atoms with Gasteiger partial charge in [0.05, 0.1) is 13.5 Å². The fraction of sp³-hybridized carbons (Fsp3) is 0.188. The highest BCUT2D eigenvalue weighted by molar-refractivity contribution is 5.72. The Morgan fingerprint density at radius 1 is 1.10 bits per heavy atom. The minimum absolute atomic E-state index is 0.243. The van der Waals surface area contributed by atoms with E-state index in [1.807, 2.05) is 36.4 Å². The van der Waals surface area contributed by atoms with E-state index in [4.69, 9.17) is 15.2 Å². The van der Waals surface area contributed by atoms with Crippen LogP contribution >= 0.6 is 0 Å². The van der Waals surface area contributed by atoms with Crippen molar-refractivity contribution in [2.75, 3.05) is 12.8 Å². The van der Waals surface area contributed by atoms with E-state index in [2.05, 4.69) is 0 Å². The van der Waals surface area contributed by atoms with Crippen LogP contribution in [-0.4, -0.2) is 13.1 Å². The van der Waals surface area contributed by atoms with Gasteiger partial charge in [-0.05, 0) is 23.3 Å². The van der Waals surface area contributed by atoms with Crippen molar-refractivity contribution in [1.82, 2.24) is 0 Å². The van der Waals surface area contributed by atoms with Crippen LogP contribution < -0.4 is 10.5 Å². The SMILES string of the molecule is COC(=O)Cc1ccccc1COc1cccc(N)c1. The molecule has 0 spiro atoms. The fourth-order valence-corrected chi connectivity index (χ4v) is 1.86. The van der Waals surface area contributed by atoms with Crippen molar-refractivity contribution in [3.05, 3.63) is 59.7 Å². The lowest BCUT2D eigenvalue weighted by atomic mass is 10.1. The minimum atomic E-state index is -0.263. The number of ether oxygens (including phenoxy) is 2. The number of carbonyl (C=O) groups is 1. The first-order valence-corrected chi connectivity index (χ1v) is 6.31. The van der Waals surface area contributed by atoms with Gasteiger partial charge in [-0.15, -0.1) is 0 Å². The first-order valence-electron chi connectivity index (χ1n) is 6.31. The highest BCUT2D eigenvalue weighted by Gasteiger charge is 2.08. The molecule has 0 radical (unpaired) electrons. The molecule has 0 bridgehead atoms. The molecule has 0 aliphatic rings. The predicted molar refractivity (Wildman–Crippen MR) is 77.3 cm³/mol. The van der Waals surface area contributed by atoms with Crippen LogP contribution in [0.4, 0.5) is 5.69 Å². The lowest BCUT2D eigenvalue weighted by Gasteiger charge is -2.10. The third-order valence-electron chi connectivity index (χ3n) is 2.93. The van der Waals surface area contributed by atoms with Crippen LogP contribution in [0.15, 0.2) is 48.5 Å². The molecule has 0 aliphatic heterocycles. The minimum Gasteiger partial charge on any atom is -0.489 e. The molecule has 0 saturated carbocycles. The van der Waals surface area contributed by atoms with Crippen LogP contribution in [0.1, 0.15) is 11.1 Å². The first kappa shape index (κ1) is 13.9. The van der Waals surface area contributed by atoms with E-state index < -0.39 is 0 Å². The highest BCUT2D eigenvalue weighted by Crippen LogP contribution is 2.18. The van der Waals surface area contributed by atoms with Gasteiger partial charge in [0.2, 0.25) is 0 Å². The number of carbonyl (C=O) groups excluding carboxylic acids is 1. The van der Waals surface area contributed by atoms with Crippen molar-refractivity contribution >= 4 is 11.7 Å². The summed E-state index contributed by atoms with van der Waals surface area (Å²) in [6.07, 6.45) is 0.243. The van der Waals surface area contributed by atoms with E-state index in [0.29, 0.717) is 18.0 Å². The molecule has 4 heteroatoms. The van der Waals surface area contributed by atoms with Crippen LogP contribution in [0.3, 0.4) is 0 Å². The molecule has 2 aromatic carbocycles. The molecule has 0 aliphatic carbocycles. The second-order valence-corrected chi connectivity index (χ2v) is 4.38. The van der Waals surface area contributed by atoms with Gasteiger partial charge in [-0.2, -0.15) is 0 Å². The Morgan fingerprint density at radius 3 is 2.55 bits per heavy atom. The Hall–Kier alpha value is -2.49. The largest absolute Gasteiger partial charge is 0.489 e. The molecule has 4 nitrogen and oxygen atoms in total. The van der Waals surface area contributed by atoms with Crippen LogP contribution in [-0.2, 0) is 22.6 Å². The second-order valence-electron chi connectivity index (χ2n) is 4.38. The molecule has 0 aromatic heterocycles. The maximum Gasteiger partial charge on any atom is 0.309 e. The monoisotopic (exact) mass is 271 g/mol. The third-order valence-corrected chi connectivity index (χ3v) is 2.93. The van der Waals surface area contributed by atoms with Gasteiger partial charge in [-0.1, -0.05) is 30.3 Å². The Balaban J connectivity index is 2.07. The summed E-state index contributed by atoms with van der Waals surface area (Å²) < 4.78 is 10.4. The molecule has 0 heterocycles. The smallest absolute Gasteiger partial charge is 0.309 e. The summed E-state index contributed by atoms with van der Waals surface area (Å²) in [6.45, 7) is 0.386. The van der Waals surface area contributed by atoms with Crippen molar-refractivity contribution in [2.24, 2.45) is 0 Å². The molecular weight excluding hydrogens is 254 g/mol. The summed E-state index contributed by atoms with van der Waals surface area (Å²) in [4.78, 5) is 11.4. The van der Waals surface area contributed by atoms with Crippen molar-refractivity contribution in [1.29, 1.82) is 0 Å². The van der Waals surface area contributed by atoms with Crippen molar-refractivity contribution in [2.45, 2.75) is 13.0 Å². The number of hydrogen-bond donors (Lipinski definition) is 1. The average molecular weight is 271 g/mol. The summed E-state index contributed by atoms with van der Waals surface area (Å²) in [6, 6.07) is 14.9. The first-order chi connectivity index (χ1) is 9.69. The molecule has 2 N–H and O–H groups in total. The fourth-order valence-electron chi connectivity index (χ4n) is 1.86. The summed E-state index contributed by atoms with van der Waals surface area (Å²) >= 11 is 0. The maximum absolute atomic E-state index is 11.4. The molecule has 0 fully saturated rings. The summed E-state index contributed by atoms with van der Waals surface area (Å²) in [5.41, 5.74) is 8.22. The number of rotatable bonds is 5. The lowest BCUT2D eigenvalue weighted by molar-refractivity contribution is -0.139. The molecular formula is C16H17NO3. The van der Waals surface area contributed by atoms with Crippen molar-refractivity contribution in [3.8, 4) is 5.75 Å². The molecule has 0 unspecified atom stereocenters. The van der Waals surface area contributed by atoms with Gasteiger partial charge in [0.25, 0.3) is 0 Å². The number of anilines is 1. The number of benzene rings is 2. The number of esters is 1. The molecule has 2 rings (SSSR count). The summed E-state index contributed by atoms with van der Waals surface area (Å²) in [5, 5.41) is 0. The average Bonchev–Trinajstić information content (AvgIpc) is 2.46. The predicted octanol–water partition coefficient (Wildman–Crippen LogP) is 2.56. The number of hydrogen-bond acceptors (Lipinski definition) is 4. The van der Waals surface area contributed by atoms with Gasteiger partial charge in [-0.3, -0.25) is 4.79 Å². The van der Waals surface area contributed by atoms with Gasteiger partial charge < -0.3 is 15.2 Å². The third kappa shape index (κ3) is 3.75. The van der Waals surface area contributed by atoms with E-state index in [9.17, 15) is 4.79 Å². The Morgan fingerprint density at radius 2 is 1.85 bits per heavy atom.